The van der Waals surface area contributed by atoms with E-state index in [0.29, 0.717) is 0 Å². The highest BCUT2D eigenvalue weighted by Gasteiger charge is 2.50. The Kier molecular flexibility index (Phi) is 8.60. The van der Waals surface area contributed by atoms with E-state index in [2.05, 4.69) is 224 Å². The van der Waals surface area contributed by atoms with Crippen molar-refractivity contribution in [2.45, 2.75) is 168 Å². The summed E-state index contributed by atoms with van der Waals surface area (Å²) in [5, 5.41) is 0. The second-order valence-corrected chi connectivity index (χ2v) is 26.1. The third-order valence-corrected chi connectivity index (χ3v) is 17.0. The lowest BCUT2D eigenvalue weighted by Gasteiger charge is -2.46. The van der Waals surface area contributed by atoms with Crippen LogP contribution in [-0.4, -0.2) is 6.71 Å². The number of rotatable bonds is 3. The van der Waals surface area contributed by atoms with Gasteiger partial charge in [0.1, 0.15) is 0 Å². The summed E-state index contributed by atoms with van der Waals surface area (Å²) in [7, 11) is 0. The Morgan fingerprint density at radius 1 is 0.415 bits per heavy atom. The maximum absolute atomic E-state index is 2.71. The van der Waals surface area contributed by atoms with E-state index in [0.717, 1.165) is 19.3 Å². The number of aryl methyl sites for hydroxylation is 1. The van der Waals surface area contributed by atoms with Crippen molar-refractivity contribution in [2.24, 2.45) is 0 Å². The fourth-order valence-corrected chi connectivity index (χ4v) is 14.7. The number of hydrogen-bond acceptors (Lipinski definition) is 2. The molecule has 0 N–H and O–H groups in total. The number of nitrogens with zero attached hydrogens (tertiary/aromatic N) is 2. The fourth-order valence-electron chi connectivity index (χ4n) is 14.7. The van der Waals surface area contributed by atoms with Gasteiger partial charge in [-0.05, 0) is 179 Å². The van der Waals surface area contributed by atoms with Crippen molar-refractivity contribution in [3.63, 3.8) is 0 Å². The van der Waals surface area contributed by atoms with Crippen LogP contribution in [0, 0.1) is 6.92 Å². The summed E-state index contributed by atoms with van der Waals surface area (Å²) >= 11 is 0. The smallest absolute Gasteiger partial charge is 0.252 e. The Labute approximate surface area is 392 Å². The molecule has 0 saturated carbocycles. The number of fused-ring (bicyclic) bond motifs is 7. The van der Waals surface area contributed by atoms with Gasteiger partial charge < -0.3 is 9.80 Å². The van der Waals surface area contributed by atoms with Gasteiger partial charge in [0.2, 0.25) is 0 Å². The summed E-state index contributed by atoms with van der Waals surface area (Å²) < 4.78 is 0. The molecule has 2 heterocycles. The van der Waals surface area contributed by atoms with Crippen molar-refractivity contribution in [3.8, 4) is 11.1 Å². The van der Waals surface area contributed by atoms with Crippen LogP contribution in [-0.2, 0) is 37.9 Å². The van der Waals surface area contributed by atoms with Gasteiger partial charge in [0.25, 0.3) is 6.71 Å². The highest BCUT2D eigenvalue weighted by atomic mass is 15.2. The van der Waals surface area contributed by atoms with Crippen molar-refractivity contribution in [1.29, 1.82) is 0 Å². The summed E-state index contributed by atoms with van der Waals surface area (Å²) in [4.78, 5) is 5.42. The highest BCUT2D eigenvalue weighted by Crippen LogP contribution is 2.57. The topological polar surface area (TPSA) is 6.48 Å². The first-order chi connectivity index (χ1) is 30.2. The van der Waals surface area contributed by atoms with E-state index in [1.807, 2.05) is 0 Å². The van der Waals surface area contributed by atoms with E-state index in [1.165, 1.54) is 106 Å². The van der Waals surface area contributed by atoms with Gasteiger partial charge in [0.15, 0.2) is 0 Å². The minimum Gasteiger partial charge on any atom is -0.311 e. The van der Waals surface area contributed by atoms with Gasteiger partial charge >= 0.3 is 0 Å². The lowest BCUT2D eigenvalue weighted by atomic mass is 9.33. The van der Waals surface area contributed by atoms with Gasteiger partial charge in [-0.3, -0.25) is 0 Å². The Morgan fingerprint density at radius 2 is 0.908 bits per heavy atom. The molecule has 0 unspecified atom stereocenters. The third-order valence-electron chi connectivity index (χ3n) is 17.0. The largest absolute Gasteiger partial charge is 0.311 e. The summed E-state index contributed by atoms with van der Waals surface area (Å²) in [5.74, 6) is 0. The van der Waals surface area contributed by atoms with Crippen LogP contribution in [0.5, 0.6) is 0 Å². The molecule has 2 aliphatic heterocycles. The lowest BCUT2D eigenvalue weighted by Crippen LogP contribution is -2.61. The van der Waals surface area contributed by atoms with Gasteiger partial charge in [-0.2, -0.15) is 0 Å². The quantitative estimate of drug-likeness (QED) is 0.163. The molecule has 2 nitrogen and oxygen atoms in total. The second-order valence-electron chi connectivity index (χ2n) is 26.1. The normalized spacial score (nSPS) is 20.5. The van der Waals surface area contributed by atoms with Crippen LogP contribution >= 0.6 is 0 Å². The number of anilines is 6. The Hall–Kier alpha value is -5.02. The SMILES string of the molecule is Cc1cc2c(cc1N1c3cc(-c4ccccc4)ccc3B3c4cc5c(cc4N(c4ccc6c(c4)C(C)(C)CC6(C)C)c4cc(C(C)(C)C)cc1c43)C(C)(C)CC5(C)C)C(C)(C)CC2(C)C. The van der Waals surface area contributed by atoms with Crippen molar-refractivity contribution in [1.82, 2.24) is 0 Å². The molecule has 3 heteroatoms. The molecule has 0 aromatic heterocycles. The Balaban J connectivity index is 1.28. The molecule has 11 rings (SSSR count). The molecular weight excluding hydrogens is 784 g/mol. The molecule has 3 aliphatic carbocycles. The standard InChI is InChI=1S/C62H71BN2/c1-37-26-43-46(61(13,14)35-58(43,7)8)32-50(37)65-51-27-39(38-20-18-17-19-21-38)22-25-48(51)63-49-31-45-47(62(15,16)36-60(45,11)12)33-52(49)64(53-28-40(56(2,3)4)29-54(65)55(53)63)41-23-24-42-44(30-41)59(9,10)34-57(42,5)6/h17-33H,34-36H2,1-16H3. The van der Waals surface area contributed by atoms with Gasteiger partial charge in [0.05, 0.1) is 0 Å². The molecule has 0 fully saturated rings. The zero-order valence-corrected chi connectivity index (χ0v) is 42.4. The van der Waals surface area contributed by atoms with Crippen LogP contribution in [0.15, 0.2) is 103 Å². The zero-order valence-electron chi connectivity index (χ0n) is 42.4. The molecule has 0 amide bonds. The van der Waals surface area contributed by atoms with Crippen LogP contribution in [0.1, 0.15) is 168 Å². The molecule has 0 spiro atoms. The minimum atomic E-state index is -0.0995. The monoisotopic (exact) mass is 855 g/mol. The average molecular weight is 855 g/mol. The van der Waals surface area contributed by atoms with E-state index < -0.39 is 0 Å². The maximum Gasteiger partial charge on any atom is 0.252 e. The summed E-state index contributed by atoms with van der Waals surface area (Å²) in [6.45, 7) is 39.2. The van der Waals surface area contributed by atoms with E-state index in [4.69, 9.17) is 0 Å². The van der Waals surface area contributed by atoms with Gasteiger partial charge in [0, 0.05) is 34.1 Å². The predicted octanol–water partition coefficient (Wildman–Crippen LogP) is 14.9. The molecule has 65 heavy (non-hydrogen) atoms. The Bertz CT molecular complexity index is 3020. The average Bonchev–Trinajstić information content (AvgIpc) is 3.61. The van der Waals surface area contributed by atoms with Crippen molar-refractivity contribution in [2.75, 3.05) is 9.80 Å². The molecular formula is C62H71BN2. The lowest BCUT2D eigenvalue weighted by molar-refractivity contribution is 0.402. The van der Waals surface area contributed by atoms with Crippen molar-refractivity contribution in [3.05, 3.63) is 148 Å². The Morgan fingerprint density at radius 3 is 1.49 bits per heavy atom. The van der Waals surface area contributed by atoms with Crippen molar-refractivity contribution < 1.29 is 0 Å². The second kappa shape index (κ2) is 13.1. The van der Waals surface area contributed by atoms with Gasteiger partial charge in [-0.15, -0.1) is 0 Å². The molecule has 0 saturated heterocycles. The first-order valence-corrected chi connectivity index (χ1v) is 24.7. The number of benzene rings is 6. The third kappa shape index (κ3) is 6.11. The van der Waals surface area contributed by atoms with E-state index >= 15 is 0 Å². The fraction of sp³-hybridized carbons (Fsp3) is 0.419. The number of hydrogen-bond donors (Lipinski definition) is 0. The van der Waals surface area contributed by atoms with Crippen LogP contribution < -0.4 is 26.2 Å². The molecule has 6 aromatic rings. The van der Waals surface area contributed by atoms with Crippen LogP contribution in [0.25, 0.3) is 11.1 Å². The van der Waals surface area contributed by atoms with E-state index in [1.54, 1.807) is 0 Å². The molecule has 0 atom stereocenters. The molecule has 0 bridgehead atoms. The maximum atomic E-state index is 2.71. The highest BCUT2D eigenvalue weighted by molar-refractivity contribution is 7.00. The summed E-state index contributed by atoms with van der Waals surface area (Å²) in [6, 6.07) is 41.6. The molecule has 0 radical (unpaired) electrons. The van der Waals surface area contributed by atoms with Gasteiger partial charge in [-0.25, -0.2) is 0 Å². The van der Waals surface area contributed by atoms with Crippen molar-refractivity contribution >= 4 is 57.2 Å². The predicted molar refractivity (Wildman–Crippen MR) is 281 cm³/mol. The first-order valence-electron chi connectivity index (χ1n) is 24.7. The van der Waals surface area contributed by atoms with E-state index in [9.17, 15) is 0 Å². The molecule has 332 valence electrons. The van der Waals surface area contributed by atoms with Crippen LogP contribution in [0.2, 0.25) is 0 Å². The van der Waals surface area contributed by atoms with E-state index in [-0.39, 0.29) is 44.6 Å². The van der Waals surface area contributed by atoms with Gasteiger partial charge in [-0.1, -0.05) is 165 Å². The zero-order chi connectivity index (χ0) is 46.3. The molecule has 5 aliphatic rings. The first kappa shape index (κ1) is 42.6. The minimum absolute atomic E-state index is 0.0519. The van der Waals surface area contributed by atoms with Crippen LogP contribution in [0.4, 0.5) is 34.1 Å². The molecule has 6 aromatic carbocycles. The van der Waals surface area contributed by atoms with Crippen LogP contribution in [0.3, 0.4) is 0 Å². The summed E-state index contributed by atoms with van der Waals surface area (Å²) in [6.07, 6.45) is 3.42. The summed E-state index contributed by atoms with van der Waals surface area (Å²) in [5.41, 5.74) is 26.6.